The summed E-state index contributed by atoms with van der Waals surface area (Å²) >= 11 is 0. The van der Waals surface area contributed by atoms with Gasteiger partial charge >= 0.3 is 0 Å². The van der Waals surface area contributed by atoms with Gasteiger partial charge in [-0.2, -0.15) is 5.10 Å². The standard InChI is InChI=1S/C23H34N6O/c1-3-24-23(29-12-13-30-22(18-29)20-14-26-27(2)17-20)25-15-21-10-7-11-28(21)16-19-8-5-4-6-9-19/h4-6,8-9,14,17,21-22H,3,7,10-13,15-16,18H2,1-2H3,(H,24,25). The highest BCUT2D eigenvalue weighted by atomic mass is 16.5. The lowest BCUT2D eigenvalue weighted by Gasteiger charge is -2.35. The van der Waals surface area contributed by atoms with Crippen molar-refractivity contribution in [3.05, 3.63) is 53.9 Å². The Morgan fingerprint density at radius 2 is 2.13 bits per heavy atom. The van der Waals surface area contributed by atoms with Crippen molar-refractivity contribution in [2.45, 2.75) is 38.5 Å². The highest BCUT2D eigenvalue weighted by molar-refractivity contribution is 5.80. The third-order valence-corrected chi connectivity index (χ3v) is 5.98. The molecule has 2 aliphatic heterocycles. The number of nitrogens with zero attached hydrogens (tertiary/aromatic N) is 5. The summed E-state index contributed by atoms with van der Waals surface area (Å²) in [6.45, 7) is 8.37. The van der Waals surface area contributed by atoms with E-state index in [9.17, 15) is 0 Å². The quantitative estimate of drug-likeness (QED) is 0.586. The molecule has 1 aromatic carbocycles. The van der Waals surface area contributed by atoms with E-state index >= 15 is 0 Å². The maximum absolute atomic E-state index is 6.01. The monoisotopic (exact) mass is 410 g/mol. The first kappa shape index (κ1) is 20.9. The average Bonchev–Trinajstić information content (AvgIpc) is 3.41. The van der Waals surface area contributed by atoms with Gasteiger partial charge in [0.2, 0.25) is 0 Å². The number of benzene rings is 1. The Morgan fingerprint density at radius 1 is 1.27 bits per heavy atom. The fourth-order valence-corrected chi connectivity index (χ4v) is 4.40. The highest BCUT2D eigenvalue weighted by Crippen LogP contribution is 2.23. The van der Waals surface area contributed by atoms with Crippen LogP contribution < -0.4 is 5.32 Å². The van der Waals surface area contributed by atoms with Crippen LogP contribution in [0.25, 0.3) is 0 Å². The number of likely N-dealkylation sites (tertiary alicyclic amines) is 1. The van der Waals surface area contributed by atoms with Crippen molar-refractivity contribution in [3.8, 4) is 0 Å². The zero-order valence-electron chi connectivity index (χ0n) is 18.2. The van der Waals surface area contributed by atoms with Crippen LogP contribution >= 0.6 is 0 Å². The molecule has 0 aliphatic carbocycles. The number of aliphatic imine (C=N–C) groups is 1. The molecule has 0 saturated carbocycles. The molecule has 2 aliphatic rings. The summed E-state index contributed by atoms with van der Waals surface area (Å²) in [5.74, 6) is 1.00. The smallest absolute Gasteiger partial charge is 0.194 e. The minimum atomic E-state index is 0.0392. The molecule has 162 valence electrons. The van der Waals surface area contributed by atoms with Gasteiger partial charge in [0.25, 0.3) is 0 Å². The molecule has 2 atom stereocenters. The molecule has 0 amide bonds. The van der Waals surface area contributed by atoms with E-state index in [1.807, 2.05) is 24.1 Å². The second kappa shape index (κ2) is 10.1. The topological polar surface area (TPSA) is 57.9 Å². The molecular formula is C23H34N6O. The van der Waals surface area contributed by atoms with Crippen molar-refractivity contribution < 1.29 is 4.74 Å². The molecule has 2 unspecified atom stereocenters. The Labute approximate surface area is 179 Å². The third kappa shape index (κ3) is 5.21. The maximum atomic E-state index is 6.01. The largest absolute Gasteiger partial charge is 0.370 e. The molecule has 2 fully saturated rings. The Balaban J connectivity index is 1.40. The van der Waals surface area contributed by atoms with E-state index in [0.717, 1.165) is 50.8 Å². The van der Waals surface area contributed by atoms with Gasteiger partial charge in [0.15, 0.2) is 5.96 Å². The number of rotatable bonds is 6. The molecule has 0 bridgehead atoms. The van der Waals surface area contributed by atoms with E-state index in [0.29, 0.717) is 12.6 Å². The summed E-state index contributed by atoms with van der Waals surface area (Å²) in [4.78, 5) is 9.98. The summed E-state index contributed by atoms with van der Waals surface area (Å²) < 4.78 is 7.84. The zero-order valence-corrected chi connectivity index (χ0v) is 18.2. The van der Waals surface area contributed by atoms with Gasteiger partial charge in [-0.05, 0) is 31.9 Å². The van der Waals surface area contributed by atoms with Crippen molar-refractivity contribution in [3.63, 3.8) is 0 Å². The molecule has 3 heterocycles. The van der Waals surface area contributed by atoms with Gasteiger partial charge in [0, 0.05) is 44.5 Å². The summed E-state index contributed by atoms with van der Waals surface area (Å²) in [5.41, 5.74) is 2.51. The number of morpholine rings is 1. The van der Waals surface area contributed by atoms with Crippen LogP contribution in [-0.4, -0.2) is 70.9 Å². The number of aromatic nitrogens is 2. The molecule has 7 nitrogen and oxygen atoms in total. The summed E-state index contributed by atoms with van der Waals surface area (Å²) in [5, 5.41) is 7.80. The number of nitrogens with one attached hydrogen (secondary N) is 1. The van der Waals surface area contributed by atoms with Crippen LogP contribution in [0.5, 0.6) is 0 Å². The van der Waals surface area contributed by atoms with Crippen LogP contribution in [0.15, 0.2) is 47.7 Å². The van der Waals surface area contributed by atoms with Crippen LogP contribution in [0.1, 0.15) is 37.0 Å². The highest BCUT2D eigenvalue weighted by Gasteiger charge is 2.27. The fourth-order valence-electron chi connectivity index (χ4n) is 4.40. The van der Waals surface area contributed by atoms with E-state index in [4.69, 9.17) is 9.73 Å². The summed E-state index contributed by atoms with van der Waals surface area (Å²) in [6.07, 6.45) is 6.45. The Kier molecular flexibility index (Phi) is 7.02. The van der Waals surface area contributed by atoms with Gasteiger partial charge in [-0.3, -0.25) is 14.6 Å². The first-order valence-corrected chi connectivity index (χ1v) is 11.1. The molecule has 30 heavy (non-hydrogen) atoms. The van der Waals surface area contributed by atoms with Crippen molar-refractivity contribution in [2.24, 2.45) is 12.0 Å². The Hall–Kier alpha value is -2.38. The van der Waals surface area contributed by atoms with Crippen molar-refractivity contribution in [1.29, 1.82) is 0 Å². The van der Waals surface area contributed by atoms with E-state index in [1.54, 1.807) is 0 Å². The Morgan fingerprint density at radius 3 is 2.90 bits per heavy atom. The predicted octanol–water partition coefficient (Wildman–Crippen LogP) is 2.42. The van der Waals surface area contributed by atoms with Crippen LogP contribution in [0.2, 0.25) is 0 Å². The maximum Gasteiger partial charge on any atom is 0.194 e. The molecule has 0 radical (unpaired) electrons. The van der Waals surface area contributed by atoms with Crippen molar-refractivity contribution >= 4 is 5.96 Å². The lowest BCUT2D eigenvalue weighted by molar-refractivity contribution is -0.00807. The lowest BCUT2D eigenvalue weighted by atomic mass is 10.1. The van der Waals surface area contributed by atoms with E-state index < -0.39 is 0 Å². The zero-order chi connectivity index (χ0) is 20.8. The van der Waals surface area contributed by atoms with E-state index in [2.05, 4.69) is 57.5 Å². The van der Waals surface area contributed by atoms with Gasteiger partial charge < -0.3 is 15.0 Å². The number of aryl methyl sites for hydroxylation is 1. The van der Waals surface area contributed by atoms with Gasteiger partial charge in [-0.25, -0.2) is 0 Å². The molecule has 1 aromatic heterocycles. The van der Waals surface area contributed by atoms with Crippen LogP contribution in [0.4, 0.5) is 0 Å². The molecule has 4 rings (SSSR count). The second-order valence-electron chi connectivity index (χ2n) is 8.20. The minimum absolute atomic E-state index is 0.0392. The van der Waals surface area contributed by atoms with Crippen molar-refractivity contribution in [1.82, 2.24) is 24.9 Å². The minimum Gasteiger partial charge on any atom is -0.370 e. The first-order chi connectivity index (χ1) is 14.7. The van der Waals surface area contributed by atoms with E-state index in [1.165, 1.54) is 18.4 Å². The predicted molar refractivity (Wildman–Crippen MR) is 119 cm³/mol. The van der Waals surface area contributed by atoms with Crippen LogP contribution in [0, 0.1) is 0 Å². The second-order valence-corrected chi connectivity index (χ2v) is 8.20. The molecule has 0 spiro atoms. The average molecular weight is 411 g/mol. The molecule has 2 aromatic rings. The molecule has 7 heteroatoms. The Bertz CT molecular complexity index is 820. The SMILES string of the molecule is CCNC(=NCC1CCCN1Cc1ccccc1)N1CCOC(c2cnn(C)c2)C1. The molecular weight excluding hydrogens is 376 g/mol. The number of hydrogen-bond acceptors (Lipinski definition) is 4. The van der Waals surface area contributed by atoms with Crippen molar-refractivity contribution in [2.75, 3.05) is 39.3 Å². The van der Waals surface area contributed by atoms with Crippen LogP contribution in [-0.2, 0) is 18.3 Å². The van der Waals surface area contributed by atoms with Gasteiger partial charge in [0.05, 0.1) is 25.9 Å². The van der Waals surface area contributed by atoms with Crippen LogP contribution in [0.3, 0.4) is 0 Å². The number of guanidine groups is 1. The van der Waals surface area contributed by atoms with E-state index in [-0.39, 0.29) is 6.10 Å². The molecule has 1 N–H and O–H groups in total. The summed E-state index contributed by atoms with van der Waals surface area (Å²) in [7, 11) is 1.94. The lowest BCUT2D eigenvalue weighted by Crippen LogP contribution is -2.48. The molecule has 2 saturated heterocycles. The number of hydrogen-bond donors (Lipinski definition) is 1. The first-order valence-electron chi connectivity index (χ1n) is 11.1. The fraction of sp³-hybridized carbons (Fsp3) is 0.565. The van der Waals surface area contributed by atoms with Gasteiger partial charge in [-0.15, -0.1) is 0 Å². The normalized spacial score (nSPS) is 23.1. The number of ether oxygens (including phenoxy) is 1. The van der Waals surface area contributed by atoms with Gasteiger partial charge in [0.1, 0.15) is 6.10 Å². The third-order valence-electron chi connectivity index (χ3n) is 5.98. The summed E-state index contributed by atoms with van der Waals surface area (Å²) in [6, 6.07) is 11.3. The van der Waals surface area contributed by atoms with Gasteiger partial charge in [-0.1, -0.05) is 30.3 Å².